The van der Waals surface area contributed by atoms with Crippen LogP contribution in [0.3, 0.4) is 0 Å². The van der Waals surface area contributed by atoms with Crippen molar-refractivity contribution in [2.45, 2.75) is 26.3 Å². The van der Waals surface area contributed by atoms with Crippen LogP contribution < -0.4 is 4.90 Å². The Morgan fingerprint density at radius 2 is 2.21 bits per heavy atom. The van der Waals surface area contributed by atoms with Gasteiger partial charge >= 0.3 is 0 Å². The first-order valence-electron chi connectivity index (χ1n) is 4.46. The highest BCUT2D eigenvalue weighted by molar-refractivity contribution is 9.10. The molecule has 0 aromatic carbocycles. The third kappa shape index (κ3) is 2.36. The lowest BCUT2D eigenvalue weighted by Gasteiger charge is -2.25. The quantitative estimate of drug-likeness (QED) is 0.796. The summed E-state index contributed by atoms with van der Waals surface area (Å²) in [5.74, 6) is 0.833. The van der Waals surface area contributed by atoms with Gasteiger partial charge in [0.25, 0.3) is 0 Å². The van der Waals surface area contributed by atoms with Gasteiger partial charge < -0.3 is 4.90 Å². The number of hydrogen-bond acceptors (Lipinski definition) is 3. The van der Waals surface area contributed by atoms with Gasteiger partial charge in [-0.1, -0.05) is 18.5 Å². The van der Waals surface area contributed by atoms with Gasteiger partial charge in [0, 0.05) is 13.1 Å². The van der Waals surface area contributed by atoms with Crippen molar-refractivity contribution in [2.75, 3.05) is 11.9 Å². The highest BCUT2D eigenvalue weighted by Crippen LogP contribution is 2.29. The second kappa shape index (κ2) is 4.94. The van der Waals surface area contributed by atoms with Crippen LogP contribution in [0, 0.1) is 0 Å². The molecule has 1 rings (SSSR count). The van der Waals surface area contributed by atoms with Crippen LogP contribution in [0.15, 0.2) is 10.8 Å². The molecule has 0 amide bonds. The number of hydrogen-bond donors (Lipinski definition) is 0. The van der Waals surface area contributed by atoms with Crippen LogP contribution in [0.25, 0.3) is 0 Å². The summed E-state index contributed by atoms with van der Waals surface area (Å²) in [5, 5.41) is 0.449. The maximum atomic E-state index is 5.88. The third-order valence-electron chi connectivity index (χ3n) is 2.31. The van der Waals surface area contributed by atoms with Gasteiger partial charge in [-0.2, -0.15) is 0 Å². The van der Waals surface area contributed by atoms with Gasteiger partial charge in [0.2, 0.25) is 0 Å². The van der Waals surface area contributed by atoms with E-state index in [-0.39, 0.29) is 0 Å². The molecule has 0 aliphatic rings. The first kappa shape index (κ1) is 11.7. The number of aromatic nitrogens is 2. The summed E-state index contributed by atoms with van der Waals surface area (Å²) in [5.41, 5.74) is 0. The minimum atomic E-state index is 0.428. The zero-order chi connectivity index (χ0) is 10.7. The van der Waals surface area contributed by atoms with E-state index in [1.54, 1.807) is 0 Å². The molecule has 1 aromatic rings. The molecular weight excluding hydrogens is 265 g/mol. The van der Waals surface area contributed by atoms with Crippen molar-refractivity contribution < 1.29 is 0 Å². The normalized spacial score (nSPS) is 12.6. The molecule has 78 valence electrons. The van der Waals surface area contributed by atoms with E-state index in [9.17, 15) is 0 Å². The van der Waals surface area contributed by atoms with Crippen LogP contribution in [0.2, 0.25) is 5.15 Å². The summed E-state index contributed by atoms with van der Waals surface area (Å²) in [7, 11) is 2.00. The largest absolute Gasteiger partial charge is 0.356 e. The monoisotopic (exact) mass is 277 g/mol. The zero-order valence-electron chi connectivity index (χ0n) is 8.46. The average Bonchev–Trinajstić information content (AvgIpc) is 2.20. The Morgan fingerprint density at radius 1 is 1.57 bits per heavy atom. The van der Waals surface area contributed by atoms with E-state index in [1.807, 2.05) is 7.05 Å². The Labute approximate surface area is 97.6 Å². The van der Waals surface area contributed by atoms with Crippen molar-refractivity contribution >= 4 is 33.3 Å². The van der Waals surface area contributed by atoms with Crippen molar-refractivity contribution in [1.82, 2.24) is 9.97 Å². The van der Waals surface area contributed by atoms with Crippen LogP contribution in [-0.2, 0) is 0 Å². The molecule has 0 aliphatic heterocycles. The van der Waals surface area contributed by atoms with Crippen molar-refractivity contribution in [1.29, 1.82) is 0 Å². The van der Waals surface area contributed by atoms with E-state index >= 15 is 0 Å². The van der Waals surface area contributed by atoms with Crippen molar-refractivity contribution in [3.63, 3.8) is 0 Å². The van der Waals surface area contributed by atoms with Crippen molar-refractivity contribution in [3.8, 4) is 0 Å². The summed E-state index contributed by atoms with van der Waals surface area (Å²) < 4.78 is 0.754. The minimum Gasteiger partial charge on any atom is -0.356 e. The summed E-state index contributed by atoms with van der Waals surface area (Å²) >= 11 is 9.26. The highest BCUT2D eigenvalue weighted by Gasteiger charge is 2.14. The molecule has 5 heteroatoms. The summed E-state index contributed by atoms with van der Waals surface area (Å²) in [6.07, 6.45) is 2.53. The smallest absolute Gasteiger partial charge is 0.148 e. The molecule has 0 aliphatic carbocycles. The molecule has 14 heavy (non-hydrogen) atoms. The van der Waals surface area contributed by atoms with Gasteiger partial charge in [0.15, 0.2) is 0 Å². The van der Waals surface area contributed by atoms with Crippen LogP contribution in [0.5, 0.6) is 0 Å². The van der Waals surface area contributed by atoms with E-state index in [1.165, 1.54) is 6.33 Å². The van der Waals surface area contributed by atoms with Crippen molar-refractivity contribution in [3.05, 3.63) is 16.0 Å². The first-order chi connectivity index (χ1) is 6.57. The lowest BCUT2D eigenvalue weighted by molar-refractivity contribution is 0.655. The molecule has 0 N–H and O–H groups in total. The molecule has 0 saturated heterocycles. The fraction of sp³-hybridized carbons (Fsp3) is 0.556. The number of halogens is 2. The molecule has 0 bridgehead atoms. The molecule has 0 fully saturated rings. The van der Waals surface area contributed by atoms with Crippen LogP contribution >= 0.6 is 27.5 Å². The second-order valence-electron chi connectivity index (χ2n) is 3.17. The molecule has 3 nitrogen and oxygen atoms in total. The van der Waals surface area contributed by atoms with Crippen LogP contribution in [-0.4, -0.2) is 23.1 Å². The minimum absolute atomic E-state index is 0.428. The van der Waals surface area contributed by atoms with Crippen LogP contribution in [0.1, 0.15) is 20.3 Å². The molecule has 1 heterocycles. The van der Waals surface area contributed by atoms with Gasteiger partial charge in [-0.25, -0.2) is 9.97 Å². The Morgan fingerprint density at radius 3 is 2.79 bits per heavy atom. The number of nitrogens with zero attached hydrogens (tertiary/aromatic N) is 3. The van der Waals surface area contributed by atoms with Crippen LogP contribution in [0.4, 0.5) is 5.82 Å². The van der Waals surface area contributed by atoms with E-state index < -0.39 is 0 Å². The highest BCUT2D eigenvalue weighted by atomic mass is 79.9. The first-order valence-corrected chi connectivity index (χ1v) is 5.63. The third-order valence-corrected chi connectivity index (χ3v) is 3.56. The van der Waals surface area contributed by atoms with Gasteiger partial charge in [-0.15, -0.1) is 0 Å². The molecular formula is C9H13BrClN3. The van der Waals surface area contributed by atoms with Gasteiger partial charge in [-0.05, 0) is 29.3 Å². The topological polar surface area (TPSA) is 29.0 Å². The Balaban J connectivity index is 3.01. The van der Waals surface area contributed by atoms with Gasteiger partial charge in [-0.3, -0.25) is 0 Å². The van der Waals surface area contributed by atoms with Crippen molar-refractivity contribution in [2.24, 2.45) is 0 Å². The molecule has 1 atom stereocenters. The van der Waals surface area contributed by atoms with E-state index in [0.29, 0.717) is 11.2 Å². The Kier molecular flexibility index (Phi) is 4.13. The molecule has 0 saturated carbocycles. The molecule has 0 spiro atoms. The molecule has 1 aromatic heterocycles. The molecule has 0 radical (unpaired) electrons. The maximum Gasteiger partial charge on any atom is 0.148 e. The van der Waals surface area contributed by atoms with Gasteiger partial charge in [0.1, 0.15) is 17.3 Å². The zero-order valence-corrected chi connectivity index (χ0v) is 10.8. The average molecular weight is 279 g/mol. The summed E-state index contributed by atoms with van der Waals surface area (Å²) in [6, 6.07) is 0.428. The summed E-state index contributed by atoms with van der Waals surface area (Å²) in [4.78, 5) is 10.2. The summed E-state index contributed by atoms with van der Waals surface area (Å²) in [6.45, 7) is 4.28. The molecule has 1 unspecified atom stereocenters. The standard InChI is InChI=1S/C9H13BrClN3/c1-4-6(2)14(3)9-7(10)8(11)12-5-13-9/h5-6H,4H2,1-3H3. The predicted molar refractivity (Wildman–Crippen MR) is 62.9 cm³/mol. The number of anilines is 1. The van der Waals surface area contributed by atoms with E-state index in [0.717, 1.165) is 16.7 Å². The SMILES string of the molecule is CCC(C)N(C)c1ncnc(Cl)c1Br. The Bertz CT molecular complexity index is 319. The lowest BCUT2D eigenvalue weighted by Crippen LogP contribution is -2.29. The van der Waals surface area contributed by atoms with E-state index in [2.05, 4.69) is 44.6 Å². The fourth-order valence-electron chi connectivity index (χ4n) is 1.07. The number of rotatable bonds is 3. The lowest BCUT2D eigenvalue weighted by atomic mass is 10.2. The predicted octanol–water partition coefficient (Wildman–Crippen LogP) is 3.13. The van der Waals surface area contributed by atoms with E-state index in [4.69, 9.17) is 11.6 Å². The second-order valence-corrected chi connectivity index (χ2v) is 4.32. The fourth-order valence-corrected chi connectivity index (χ4v) is 1.68. The van der Waals surface area contributed by atoms with Gasteiger partial charge in [0.05, 0.1) is 4.47 Å². The maximum absolute atomic E-state index is 5.88. The Hall–Kier alpha value is -0.350.